The van der Waals surface area contributed by atoms with Crippen molar-refractivity contribution < 1.29 is 57.2 Å². The lowest BCUT2D eigenvalue weighted by Gasteiger charge is -2.60. The molecule has 1 aromatic rings. The van der Waals surface area contributed by atoms with Gasteiger partial charge in [0.15, 0.2) is 29.6 Å². The Bertz CT molecular complexity index is 1890. The maximum atomic E-state index is 14.1. The van der Waals surface area contributed by atoms with E-state index in [4.69, 9.17) is 23.7 Å². The van der Waals surface area contributed by atoms with Crippen molar-refractivity contribution >= 4 is 41.2 Å². The number of nitrogens with zero attached hydrogens (tertiary/aromatic N) is 3. The molecule has 1 aliphatic carbocycles. The maximum absolute atomic E-state index is 14.1. The number of hydrogen-bond acceptors (Lipinski definition) is 15. The third-order valence-electron chi connectivity index (χ3n) is 9.84. The lowest BCUT2D eigenvalue weighted by atomic mass is 9.68. The van der Waals surface area contributed by atoms with Gasteiger partial charge in [-0.25, -0.2) is 4.79 Å². The summed E-state index contributed by atoms with van der Waals surface area (Å²) >= 11 is 0. The Morgan fingerprint density at radius 3 is 2.16 bits per heavy atom. The molecule has 270 valence electrons. The molecule has 5 rings (SSSR count). The molecule has 16 nitrogen and oxygen atoms in total. The molecular formula is C35H38N4O12. The minimum atomic E-state index is -1.05. The first-order chi connectivity index (χ1) is 24.1. The molecule has 4 aliphatic rings. The van der Waals surface area contributed by atoms with Crippen LogP contribution in [-0.4, -0.2) is 110 Å². The quantitative estimate of drug-likeness (QED) is 0.162. The number of nitrogens with one attached hydrogen (secondary N) is 1. The maximum Gasteiger partial charge on any atom is 0.349 e. The number of hydrogen-bond donors (Lipinski definition) is 1. The highest BCUT2D eigenvalue weighted by Crippen LogP contribution is 2.55. The molecule has 0 aromatic heterocycles. The highest BCUT2D eigenvalue weighted by molar-refractivity contribution is 6.35. The summed E-state index contributed by atoms with van der Waals surface area (Å²) < 4.78 is 27.5. The van der Waals surface area contributed by atoms with Crippen molar-refractivity contribution in [3.8, 4) is 23.3 Å². The van der Waals surface area contributed by atoms with Gasteiger partial charge in [-0.2, -0.15) is 5.26 Å². The van der Waals surface area contributed by atoms with E-state index in [2.05, 4.69) is 11.4 Å². The molecule has 1 saturated heterocycles. The van der Waals surface area contributed by atoms with Crippen molar-refractivity contribution in [2.45, 2.75) is 77.7 Å². The molecule has 1 amide bonds. The van der Waals surface area contributed by atoms with Gasteiger partial charge in [-0.05, 0) is 33.7 Å². The fraction of sp³-hybridized carbons (Fsp3) is 0.486. The van der Waals surface area contributed by atoms with Crippen LogP contribution >= 0.6 is 0 Å². The topological polar surface area (TPSA) is 208 Å². The second-order valence-electron chi connectivity index (χ2n) is 12.7. The lowest BCUT2D eigenvalue weighted by molar-refractivity contribution is -0.152. The zero-order valence-electron chi connectivity index (χ0n) is 29.5. The van der Waals surface area contributed by atoms with Crippen molar-refractivity contribution in [2.24, 2.45) is 0 Å². The number of ketones is 3. The summed E-state index contributed by atoms with van der Waals surface area (Å²) in [4.78, 5) is 93.4. The molecular weight excluding hydrogens is 668 g/mol. The average Bonchev–Trinajstić information content (AvgIpc) is 3.07. The number of esters is 3. The van der Waals surface area contributed by atoms with Gasteiger partial charge in [0.25, 0.3) is 5.91 Å². The summed E-state index contributed by atoms with van der Waals surface area (Å²) in [6.45, 7) is 5.43. The minimum Gasteiger partial charge on any atom is -0.492 e. The summed E-state index contributed by atoms with van der Waals surface area (Å²) in [5.74, 6) is -5.15. The summed E-state index contributed by atoms with van der Waals surface area (Å²) in [5, 5.41) is 13.4. The van der Waals surface area contributed by atoms with Gasteiger partial charge in [0.2, 0.25) is 11.6 Å². The van der Waals surface area contributed by atoms with Gasteiger partial charge in [0.1, 0.15) is 11.8 Å². The number of ether oxygens (including phenoxy) is 5. The Kier molecular flexibility index (Phi) is 10.2. The molecule has 0 spiro atoms. The van der Waals surface area contributed by atoms with Gasteiger partial charge in [0.05, 0.1) is 32.4 Å². The van der Waals surface area contributed by atoms with E-state index in [0.29, 0.717) is 5.56 Å². The Labute approximate surface area is 293 Å². The number of carbonyl (C=O) groups excluding carboxylic acids is 7. The number of methoxy groups -OCH3 is 2. The van der Waals surface area contributed by atoms with Gasteiger partial charge < -0.3 is 29.0 Å². The van der Waals surface area contributed by atoms with Crippen LogP contribution in [0.1, 0.15) is 56.8 Å². The summed E-state index contributed by atoms with van der Waals surface area (Å²) in [7, 11) is 4.37. The van der Waals surface area contributed by atoms with Crippen LogP contribution in [0, 0.1) is 18.3 Å². The van der Waals surface area contributed by atoms with E-state index in [-0.39, 0.29) is 76.0 Å². The number of amides is 1. The van der Waals surface area contributed by atoms with Crippen molar-refractivity contribution in [3.05, 3.63) is 39.2 Å². The summed E-state index contributed by atoms with van der Waals surface area (Å²) in [6, 6.07) is -1.90. The van der Waals surface area contributed by atoms with Crippen LogP contribution in [0.25, 0.3) is 0 Å². The average molecular weight is 707 g/mol. The Hall–Kier alpha value is -5.40. The van der Waals surface area contributed by atoms with E-state index in [9.17, 15) is 38.8 Å². The van der Waals surface area contributed by atoms with Gasteiger partial charge in [-0.3, -0.25) is 38.6 Å². The number of benzene rings is 1. The van der Waals surface area contributed by atoms with Gasteiger partial charge in [-0.1, -0.05) is 0 Å². The predicted octanol–water partition coefficient (Wildman–Crippen LogP) is 0.718. The number of piperazine rings is 1. The summed E-state index contributed by atoms with van der Waals surface area (Å²) in [5.41, 5.74) is 1.38. The van der Waals surface area contributed by atoms with Gasteiger partial charge in [0, 0.05) is 72.8 Å². The second-order valence-corrected chi connectivity index (χ2v) is 12.7. The normalized spacial score (nSPS) is 24.0. The molecule has 2 bridgehead atoms. The first kappa shape index (κ1) is 36.9. The van der Waals surface area contributed by atoms with Crippen molar-refractivity contribution in [2.75, 3.05) is 34.4 Å². The highest BCUT2D eigenvalue weighted by Gasteiger charge is 2.59. The number of allylic oxidation sites excluding steroid dienone is 2. The number of rotatable bonds is 9. The molecule has 3 heterocycles. The third kappa shape index (κ3) is 6.16. The van der Waals surface area contributed by atoms with Crippen LogP contribution in [-0.2, 0) is 49.5 Å². The largest absolute Gasteiger partial charge is 0.492 e. The Morgan fingerprint density at radius 2 is 1.59 bits per heavy atom. The molecule has 5 atom stereocenters. The van der Waals surface area contributed by atoms with Gasteiger partial charge in [-0.15, -0.1) is 0 Å². The Balaban J connectivity index is 1.82. The molecule has 51 heavy (non-hydrogen) atoms. The van der Waals surface area contributed by atoms with Crippen LogP contribution in [0.15, 0.2) is 22.5 Å². The van der Waals surface area contributed by atoms with E-state index in [0.717, 1.165) is 13.8 Å². The predicted molar refractivity (Wildman–Crippen MR) is 173 cm³/mol. The third-order valence-corrected chi connectivity index (χ3v) is 9.84. The van der Waals surface area contributed by atoms with Crippen LogP contribution in [0.3, 0.4) is 0 Å². The van der Waals surface area contributed by atoms with E-state index in [1.165, 1.54) is 28.1 Å². The SMILES string of the molecule is COC1=C(C)C(=O)C2=C(C1=O)[C@@H]1[C@@H]3Cc4c(OC(=O)COC(C)=O)c(C)c(OC)c(OC(C)=O)c4[C@H](CNC(=O)C(C)=O)N3[C@@H](C#N)[C@H](C2)N1C. The number of fused-ring (bicyclic) bond motifs is 6. The van der Waals surface area contributed by atoms with Crippen LogP contribution in [0.4, 0.5) is 0 Å². The zero-order valence-corrected chi connectivity index (χ0v) is 29.5. The van der Waals surface area contributed by atoms with Crippen molar-refractivity contribution in [1.29, 1.82) is 5.26 Å². The molecule has 16 heteroatoms. The molecule has 1 fully saturated rings. The van der Waals surface area contributed by atoms with Crippen LogP contribution in [0.5, 0.6) is 17.2 Å². The fourth-order valence-corrected chi connectivity index (χ4v) is 7.82. The minimum absolute atomic E-state index is 0.00630. The second kappa shape index (κ2) is 14.1. The van der Waals surface area contributed by atoms with E-state index < -0.39 is 72.2 Å². The first-order valence-electron chi connectivity index (χ1n) is 16.1. The van der Waals surface area contributed by atoms with Crippen LogP contribution < -0.4 is 19.5 Å². The van der Waals surface area contributed by atoms with Crippen molar-refractivity contribution in [1.82, 2.24) is 15.1 Å². The van der Waals surface area contributed by atoms with E-state index in [1.807, 2.05) is 4.90 Å². The van der Waals surface area contributed by atoms with Gasteiger partial charge >= 0.3 is 17.9 Å². The van der Waals surface area contributed by atoms with E-state index >= 15 is 0 Å². The number of Topliss-reactive ketones (excluding diaryl/α,β-unsaturated/α-hetero) is 3. The number of nitriles is 1. The van der Waals surface area contributed by atoms with E-state index in [1.54, 1.807) is 18.9 Å². The summed E-state index contributed by atoms with van der Waals surface area (Å²) in [6.07, 6.45) is 0.0139. The molecule has 0 saturated carbocycles. The first-order valence-corrected chi connectivity index (χ1v) is 16.1. The van der Waals surface area contributed by atoms with Crippen LogP contribution in [0.2, 0.25) is 0 Å². The zero-order chi connectivity index (χ0) is 37.6. The fourth-order valence-electron chi connectivity index (χ4n) is 7.82. The molecule has 0 unspecified atom stereocenters. The van der Waals surface area contributed by atoms with Crippen molar-refractivity contribution in [3.63, 3.8) is 0 Å². The monoisotopic (exact) mass is 706 g/mol. The molecule has 1 N–H and O–H groups in total. The number of likely N-dealkylation sites (N-methyl/N-ethyl adjacent to an activating group) is 1. The molecule has 0 radical (unpaired) electrons. The smallest absolute Gasteiger partial charge is 0.349 e. The highest BCUT2D eigenvalue weighted by atomic mass is 16.6. The Morgan fingerprint density at radius 1 is 0.902 bits per heavy atom. The number of carbonyl (C=O) groups is 7. The molecule has 3 aliphatic heterocycles. The standard InChI is InChI=1S/C35H38N4O12/c1-14-29(44)19-9-21-23(11-36)39-22(28(38(21)6)27(19)30(45)32(14)47-7)10-20-26(24(39)12-37-35(46)16(3)40)34(50-18(5)42)33(48-8)15(2)31(20)51-25(43)13-49-17(4)41/h21-24,28H,9-10,12-13H2,1-8H3,(H,37,46)/t21-,22-,23-,24-,28-/m0/s1. The molecule has 1 aromatic carbocycles. The lowest BCUT2D eigenvalue weighted by Crippen LogP contribution is -2.72.